The van der Waals surface area contributed by atoms with Crippen molar-refractivity contribution in [3.05, 3.63) is 22.9 Å². The fraction of sp³-hybridized carbons (Fsp3) is 0.500. The molecule has 0 fully saturated rings. The van der Waals surface area contributed by atoms with Gasteiger partial charge in [0.15, 0.2) is 12.4 Å². The topological polar surface area (TPSA) is 51.2 Å². The summed E-state index contributed by atoms with van der Waals surface area (Å²) in [5.41, 5.74) is 0. The van der Waals surface area contributed by atoms with Crippen molar-refractivity contribution in [1.82, 2.24) is 10.3 Å². The van der Waals surface area contributed by atoms with E-state index >= 15 is 0 Å². The second-order valence-corrected chi connectivity index (χ2v) is 4.86. The van der Waals surface area contributed by atoms with E-state index in [1.54, 1.807) is 18.3 Å². The van der Waals surface area contributed by atoms with E-state index in [1.165, 1.54) is 0 Å². The summed E-state index contributed by atoms with van der Waals surface area (Å²) in [6, 6.07) is 3.52. The number of pyridine rings is 1. The van der Waals surface area contributed by atoms with Gasteiger partial charge in [0.05, 0.1) is 0 Å². The fourth-order valence-electron chi connectivity index (χ4n) is 1.17. The van der Waals surface area contributed by atoms with Crippen molar-refractivity contribution < 1.29 is 9.53 Å². The van der Waals surface area contributed by atoms with Crippen molar-refractivity contribution in [3.63, 3.8) is 0 Å². The molecular formula is C12H17BrN2O2. The number of rotatable bonds is 6. The monoisotopic (exact) mass is 300 g/mol. The molecule has 4 nitrogen and oxygen atoms in total. The van der Waals surface area contributed by atoms with Crippen LogP contribution in [0.1, 0.15) is 20.3 Å². The summed E-state index contributed by atoms with van der Waals surface area (Å²) in [6.45, 7) is 4.95. The van der Waals surface area contributed by atoms with Gasteiger partial charge in [-0.25, -0.2) is 4.98 Å². The van der Waals surface area contributed by atoms with Crippen molar-refractivity contribution in [2.45, 2.75) is 20.3 Å². The van der Waals surface area contributed by atoms with E-state index in [0.29, 0.717) is 22.8 Å². The summed E-state index contributed by atoms with van der Waals surface area (Å²) in [5.74, 6) is 1.05. The molecule has 0 unspecified atom stereocenters. The van der Waals surface area contributed by atoms with Crippen LogP contribution in [0.15, 0.2) is 22.9 Å². The van der Waals surface area contributed by atoms with E-state index in [0.717, 1.165) is 6.42 Å². The van der Waals surface area contributed by atoms with Crippen LogP contribution in [0.5, 0.6) is 5.75 Å². The minimum atomic E-state index is -0.110. The first kappa shape index (κ1) is 14.0. The predicted molar refractivity (Wildman–Crippen MR) is 69.9 cm³/mol. The SMILES string of the molecule is CC(C)CCNC(=O)COc1cccnc1Br. The highest BCUT2D eigenvalue weighted by Gasteiger charge is 2.05. The van der Waals surface area contributed by atoms with Crippen LogP contribution in [0.4, 0.5) is 0 Å². The molecule has 0 spiro atoms. The van der Waals surface area contributed by atoms with Gasteiger partial charge < -0.3 is 10.1 Å². The summed E-state index contributed by atoms with van der Waals surface area (Å²) in [6.07, 6.45) is 2.63. The van der Waals surface area contributed by atoms with Gasteiger partial charge in [-0.05, 0) is 40.4 Å². The summed E-state index contributed by atoms with van der Waals surface area (Å²) in [4.78, 5) is 15.4. The third-order valence-electron chi connectivity index (χ3n) is 2.13. The number of carbonyl (C=O) groups excluding carboxylic acids is 1. The molecule has 0 aromatic carbocycles. The van der Waals surface area contributed by atoms with Gasteiger partial charge in [0.1, 0.15) is 4.60 Å². The lowest BCUT2D eigenvalue weighted by Crippen LogP contribution is -2.30. The van der Waals surface area contributed by atoms with Crippen LogP contribution >= 0.6 is 15.9 Å². The lowest BCUT2D eigenvalue weighted by atomic mass is 10.1. The van der Waals surface area contributed by atoms with E-state index in [9.17, 15) is 4.79 Å². The number of halogens is 1. The minimum Gasteiger partial charge on any atom is -0.481 e. The third kappa shape index (κ3) is 5.68. The number of nitrogens with zero attached hydrogens (tertiary/aromatic N) is 1. The van der Waals surface area contributed by atoms with Crippen LogP contribution in [-0.4, -0.2) is 24.0 Å². The molecular weight excluding hydrogens is 284 g/mol. The molecule has 0 saturated carbocycles. The molecule has 1 N–H and O–H groups in total. The summed E-state index contributed by atoms with van der Waals surface area (Å²) >= 11 is 3.25. The molecule has 1 aromatic rings. The Hall–Kier alpha value is -1.10. The Morgan fingerprint density at radius 2 is 2.35 bits per heavy atom. The highest BCUT2D eigenvalue weighted by Crippen LogP contribution is 2.20. The average molecular weight is 301 g/mol. The molecule has 0 bridgehead atoms. The Morgan fingerprint density at radius 1 is 1.59 bits per heavy atom. The zero-order valence-electron chi connectivity index (χ0n) is 10.1. The zero-order chi connectivity index (χ0) is 12.7. The van der Waals surface area contributed by atoms with E-state index in [-0.39, 0.29) is 12.5 Å². The van der Waals surface area contributed by atoms with Gasteiger partial charge in [-0.2, -0.15) is 0 Å². The number of hydrogen-bond donors (Lipinski definition) is 1. The molecule has 0 aliphatic carbocycles. The molecule has 17 heavy (non-hydrogen) atoms. The maximum atomic E-state index is 11.4. The summed E-state index contributed by atoms with van der Waals surface area (Å²) in [7, 11) is 0. The smallest absolute Gasteiger partial charge is 0.257 e. The molecule has 94 valence electrons. The fourth-order valence-corrected chi connectivity index (χ4v) is 1.54. The van der Waals surface area contributed by atoms with Gasteiger partial charge in [0.2, 0.25) is 0 Å². The van der Waals surface area contributed by atoms with Crippen LogP contribution < -0.4 is 10.1 Å². The minimum absolute atomic E-state index is 0.0163. The van der Waals surface area contributed by atoms with Gasteiger partial charge in [0.25, 0.3) is 5.91 Å². The molecule has 0 aliphatic rings. The molecule has 1 amide bonds. The lowest BCUT2D eigenvalue weighted by Gasteiger charge is -2.09. The molecule has 1 heterocycles. The van der Waals surface area contributed by atoms with Crippen LogP contribution in [0.25, 0.3) is 0 Å². The van der Waals surface area contributed by atoms with Crippen LogP contribution in [-0.2, 0) is 4.79 Å². The lowest BCUT2D eigenvalue weighted by molar-refractivity contribution is -0.123. The van der Waals surface area contributed by atoms with Gasteiger partial charge in [-0.15, -0.1) is 0 Å². The average Bonchev–Trinajstić information content (AvgIpc) is 2.27. The maximum Gasteiger partial charge on any atom is 0.257 e. The van der Waals surface area contributed by atoms with E-state index in [1.807, 2.05) is 0 Å². The van der Waals surface area contributed by atoms with E-state index < -0.39 is 0 Å². The Kier molecular flexibility index (Phi) is 5.97. The number of amides is 1. The van der Waals surface area contributed by atoms with Gasteiger partial charge in [-0.3, -0.25) is 4.79 Å². The van der Waals surface area contributed by atoms with Gasteiger partial charge in [-0.1, -0.05) is 13.8 Å². The Balaban J connectivity index is 2.26. The Bertz CT molecular complexity index is 369. The van der Waals surface area contributed by atoms with Gasteiger partial charge >= 0.3 is 0 Å². The molecule has 0 atom stereocenters. The quantitative estimate of drug-likeness (QED) is 0.821. The Morgan fingerprint density at radius 3 is 3.00 bits per heavy atom. The second kappa shape index (κ2) is 7.27. The van der Waals surface area contributed by atoms with Crippen molar-refractivity contribution in [3.8, 4) is 5.75 Å². The molecule has 1 aromatic heterocycles. The summed E-state index contributed by atoms with van der Waals surface area (Å²) in [5, 5.41) is 2.80. The van der Waals surface area contributed by atoms with Crippen molar-refractivity contribution in [1.29, 1.82) is 0 Å². The second-order valence-electron chi connectivity index (χ2n) is 4.11. The first-order chi connectivity index (χ1) is 8.09. The molecule has 0 aliphatic heterocycles. The molecule has 0 saturated heterocycles. The summed E-state index contributed by atoms with van der Waals surface area (Å²) < 4.78 is 5.94. The zero-order valence-corrected chi connectivity index (χ0v) is 11.7. The van der Waals surface area contributed by atoms with E-state index in [2.05, 4.69) is 40.1 Å². The number of hydrogen-bond acceptors (Lipinski definition) is 3. The first-order valence-corrected chi connectivity index (χ1v) is 6.39. The first-order valence-electron chi connectivity index (χ1n) is 5.59. The Labute approximate surface area is 110 Å². The van der Waals surface area contributed by atoms with Crippen LogP contribution in [0, 0.1) is 5.92 Å². The normalized spacial score (nSPS) is 10.4. The van der Waals surface area contributed by atoms with E-state index in [4.69, 9.17) is 4.74 Å². The van der Waals surface area contributed by atoms with Crippen molar-refractivity contribution in [2.24, 2.45) is 5.92 Å². The number of ether oxygens (including phenoxy) is 1. The maximum absolute atomic E-state index is 11.4. The molecule has 5 heteroatoms. The predicted octanol–water partition coefficient (Wildman–Crippen LogP) is 2.39. The highest BCUT2D eigenvalue weighted by molar-refractivity contribution is 9.10. The number of nitrogens with one attached hydrogen (secondary N) is 1. The van der Waals surface area contributed by atoms with Crippen molar-refractivity contribution in [2.75, 3.05) is 13.2 Å². The third-order valence-corrected chi connectivity index (χ3v) is 2.72. The standard InChI is InChI=1S/C12H17BrN2O2/c1-9(2)5-7-14-11(16)8-17-10-4-3-6-15-12(10)13/h3-4,6,9H,5,7-8H2,1-2H3,(H,14,16). The molecule has 1 rings (SSSR count). The van der Waals surface area contributed by atoms with Crippen LogP contribution in [0.3, 0.4) is 0 Å². The van der Waals surface area contributed by atoms with Crippen LogP contribution in [0.2, 0.25) is 0 Å². The number of aromatic nitrogens is 1. The molecule has 0 radical (unpaired) electrons. The number of carbonyl (C=O) groups is 1. The highest BCUT2D eigenvalue weighted by atomic mass is 79.9. The van der Waals surface area contributed by atoms with Crippen molar-refractivity contribution >= 4 is 21.8 Å². The van der Waals surface area contributed by atoms with Gasteiger partial charge in [0, 0.05) is 12.7 Å². The largest absolute Gasteiger partial charge is 0.481 e.